The van der Waals surface area contributed by atoms with Crippen LogP contribution in [0, 0.1) is 0 Å². The Kier molecular flexibility index (Phi) is 6.97. The molecule has 1 N–H and O–H groups in total. The van der Waals surface area contributed by atoms with Gasteiger partial charge in [0.05, 0.1) is 16.5 Å². The Morgan fingerprint density at radius 1 is 1.21 bits per heavy atom. The number of hydrogen-bond donors (Lipinski definition) is 1. The van der Waals surface area contributed by atoms with E-state index >= 15 is 0 Å². The van der Waals surface area contributed by atoms with Crippen molar-refractivity contribution in [3.63, 3.8) is 0 Å². The van der Waals surface area contributed by atoms with Gasteiger partial charge in [-0.2, -0.15) is 0 Å². The number of thioether (sulfide) groups is 1. The number of halogens is 1. The topological polar surface area (TPSA) is 79.4 Å². The average molecular weight is 468 g/mol. The summed E-state index contributed by atoms with van der Waals surface area (Å²) in [6, 6.07) is 14.2. The van der Waals surface area contributed by atoms with Gasteiger partial charge in [0.1, 0.15) is 4.90 Å². The lowest BCUT2D eigenvalue weighted by atomic mass is 10.2. The van der Waals surface area contributed by atoms with Crippen LogP contribution in [0.5, 0.6) is 0 Å². The van der Waals surface area contributed by atoms with Crippen molar-refractivity contribution in [3.8, 4) is 11.3 Å². The number of nitrogens with zero attached hydrogens (tertiary/aromatic N) is 2. The Balaban J connectivity index is 1.64. The molecule has 0 bridgehead atoms. The lowest BCUT2D eigenvalue weighted by molar-refractivity contribution is -0.113. The lowest BCUT2D eigenvalue weighted by Crippen LogP contribution is -2.23. The van der Waals surface area contributed by atoms with E-state index in [9.17, 15) is 13.2 Å². The van der Waals surface area contributed by atoms with E-state index in [1.165, 1.54) is 49.3 Å². The molecule has 0 spiro atoms. The molecule has 29 heavy (non-hydrogen) atoms. The van der Waals surface area contributed by atoms with E-state index in [-0.39, 0.29) is 21.6 Å². The van der Waals surface area contributed by atoms with Crippen LogP contribution in [0.25, 0.3) is 11.3 Å². The quantitative estimate of drug-likeness (QED) is 0.519. The molecule has 6 nitrogen and oxygen atoms in total. The number of anilines is 1. The fourth-order valence-electron chi connectivity index (χ4n) is 2.36. The summed E-state index contributed by atoms with van der Waals surface area (Å²) in [5, 5.41) is 4.76. The Morgan fingerprint density at radius 2 is 1.93 bits per heavy atom. The standard InChI is InChI=1S/C19H18ClN3O3S3/c1-23(2)29(25,26)17-10-14(8-9-15(17)20)21-18(24)12-28-19-22-16(11-27-19)13-6-4-3-5-7-13/h3-11H,12H2,1-2H3,(H,21,24). The molecule has 1 heterocycles. The second-order valence-corrected chi connectivity index (χ2v) is 10.7. The SMILES string of the molecule is CN(C)S(=O)(=O)c1cc(NC(=O)CSc2nc(-c3ccccc3)cs2)ccc1Cl. The number of amides is 1. The number of aromatic nitrogens is 1. The van der Waals surface area contributed by atoms with Crippen molar-refractivity contribution in [1.29, 1.82) is 0 Å². The zero-order valence-electron chi connectivity index (χ0n) is 15.6. The molecule has 0 aliphatic carbocycles. The number of sulfonamides is 1. The van der Waals surface area contributed by atoms with Gasteiger partial charge < -0.3 is 5.32 Å². The molecule has 0 aliphatic heterocycles. The smallest absolute Gasteiger partial charge is 0.244 e. The summed E-state index contributed by atoms with van der Waals surface area (Å²) < 4.78 is 26.5. The maximum absolute atomic E-state index is 12.3. The Morgan fingerprint density at radius 3 is 2.62 bits per heavy atom. The molecule has 0 atom stereocenters. The summed E-state index contributed by atoms with van der Waals surface area (Å²) >= 11 is 8.82. The van der Waals surface area contributed by atoms with Gasteiger partial charge in [-0.05, 0) is 18.2 Å². The zero-order valence-corrected chi connectivity index (χ0v) is 18.8. The van der Waals surface area contributed by atoms with Gasteiger partial charge in [0.2, 0.25) is 15.9 Å². The van der Waals surface area contributed by atoms with Crippen molar-refractivity contribution in [2.24, 2.45) is 0 Å². The fraction of sp³-hybridized carbons (Fsp3) is 0.158. The minimum absolute atomic E-state index is 0.0537. The van der Waals surface area contributed by atoms with Crippen LogP contribution in [0.15, 0.2) is 63.1 Å². The number of carbonyl (C=O) groups excluding carboxylic acids is 1. The highest BCUT2D eigenvalue weighted by Gasteiger charge is 2.21. The van der Waals surface area contributed by atoms with E-state index in [1.807, 2.05) is 35.7 Å². The Labute approximate surface area is 183 Å². The van der Waals surface area contributed by atoms with Gasteiger partial charge in [-0.15, -0.1) is 11.3 Å². The van der Waals surface area contributed by atoms with Gasteiger partial charge in [0, 0.05) is 30.7 Å². The van der Waals surface area contributed by atoms with Gasteiger partial charge in [0.15, 0.2) is 4.34 Å². The Bertz CT molecular complexity index is 1120. The van der Waals surface area contributed by atoms with Crippen LogP contribution in [0.2, 0.25) is 5.02 Å². The summed E-state index contributed by atoms with van der Waals surface area (Å²) in [6.07, 6.45) is 0. The molecule has 0 saturated heterocycles. The predicted molar refractivity (Wildman–Crippen MR) is 119 cm³/mol. The molecule has 0 radical (unpaired) electrons. The normalized spacial score (nSPS) is 11.6. The predicted octanol–water partition coefficient (Wildman–Crippen LogP) is 4.44. The maximum atomic E-state index is 12.3. The number of nitrogens with one attached hydrogen (secondary N) is 1. The van der Waals surface area contributed by atoms with Gasteiger partial charge >= 0.3 is 0 Å². The third-order valence-electron chi connectivity index (χ3n) is 3.85. The van der Waals surface area contributed by atoms with Crippen LogP contribution in [-0.4, -0.2) is 43.5 Å². The molecule has 0 unspecified atom stereocenters. The van der Waals surface area contributed by atoms with Crippen LogP contribution in [0.1, 0.15) is 0 Å². The molecule has 0 aliphatic rings. The number of rotatable bonds is 7. The first-order chi connectivity index (χ1) is 13.8. The summed E-state index contributed by atoms with van der Waals surface area (Å²) in [4.78, 5) is 16.8. The zero-order chi connectivity index (χ0) is 21.0. The van der Waals surface area contributed by atoms with Crippen LogP contribution >= 0.6 is 34.7 Å². The molecule has 0 fully saturated rings. The van der Waals surface area contributed by atoms with E-state index in [4.69, 9.17) is 11.6 Å². The first-order valence-electron chi connectivity index (χ1n) is 8.43. The van der Waals surface area contributed by atoms with Gasteiger partial charge in [0.25, 0.3) is 0 Å². The second kappa shape index (κ2) is 9.27. The highest BCUT2D eigenvalue weighted by molar-refractivity contribution is 8.01. The maximum Gasteiger partial charge on any atom is 0.244 e. The third kappa shape index (κ3) is 5.37. The number of thiazole rings is 1. The molecule has 152 valence electrons. The van der Waals surface area contributed by atoms with E-state index in [0.717, 1.165) is 19.9 Å². The van der Waals surface area contributed by atoms with Crippen molar-refractivity contribution in [2.45, 2.75) is 9.24 Å². The lowest BCUT2D eigenvalue weighted by Gasteiger charge is -2.14. The minimum atomic E-state index is -3.71. The molecule has 2 aromatic carbocycles. The molecule has 1 aromatic heterocycles. The van der Waals surface area contributed by atoms with Crippen LogP contribution in [-0.2, 0) is 14.8 Å². The van der Waals surface area contributed by atoms with E-state index in [0.29, 0.717) is 5.69 Å². The largest absolute Gasteiger partial charge is 0.325 e. The van der Waals surface area contributed by atoms with Gasteiger partial charge in [-0.25, -0.2) is 17.7 Å². The summed E-state index contributed by atoms with van der Waals surface area (Å²) in [6.45, 7) is 0. The molecule has 0 saturated carbocycles. The third-order valence-corrected chi connectivity index (χ3v) is 8.17. The monoisotopic (exact) mass is 467 g/mol. The first-order valence-corrected chi connectivity index (χ1v) is 12.1. The first kappa shape index (κ1) is 21.8. The molecule has 1 amide bonds. The summed E-state index contributed by atoms with van der Waals surface area (Å²) in [5.74, 6) is -0.109. The highest BCUT2D eigenvalue weighted by Crippen LogP contribution is 2.29. The molecular weight excluding hydrogens is 450 g/mol. The molecule has 3 rings (SSSR count). The molecule has 10 heteroatoms. The van der Waals surface area contributed by atoms with Crippen LogP contribution in [0.4, 0.5) is 5.69 Å². The van der Waals surface area contributed by atoms with Crippen molar-refractivity contribution in [2.75, 3.05) is 25.2 Å². The molecule has 3 aromatic rings. The van der Waals surface area contributed by atoms with E-state index in [1.54, 1.807) is 6.07 Å². The number of carbonyl (C=O) groups is 1. The van der Waals surface area contributed by atoms with Crippen LogP contribution in [0.3, 0.4) is 0 Å². The van der Waals surface area contributed by atoms with Crippen LogP contribution < -0.4 is 5.32 Å². The Hall–Kier alpha value is -1.91. The number of hydrogen-bond acceptors (Lipinski definition) is 6. The van der Waals surface area contributed by atoms with Gasteiger partial charge in [-0.1, -0.05) is 53.7 Å². The van der Waals surface area contributed by atoms with Crippen molar-refractivity contribution < 1.29 is 13.2 Å². The van der Waals surface area contributed by atoms with Crippen molar-refractivity contribution in [1.82, 2.24) is 9.29 Å². The van der Waals surface area contributed by atoms with Crippen molar-refractivity contribution >= 4 is 56.3 Å². The highest BCUT2D eigenvalue weighted by atomic mass is 35.5. The van der Waals surface area contributed by atoms with Gasteiger partial charge in [-0.3, -0.25) is 4.79 Å². The summed E-state index contributed by atoms with van der Waals surface area (Å²) in [7, 11) is -0.864. The summed E-state index contributed by atoms with van der Waals surface area (Å²) in [5.41, 5.74) is 2.26. The number of benzene rings is 2. The van der Waals surface area contributed by atoms with E-state index in [2.05, 4.69) is 10.3 Å². The van der Waals surface area contributed by atoms with Crippen molar-refractivity contribution in [3.05, 3.63) is 58.9 Å². The molecular formula is C19H18ClN3O3S3. The average Bonchev–Trinajstić information content (AvgIpc) is 3.17. The van der Waals surface area contributed by atoms with E-state index < -0.39 is 10.0 Å². The fourth-order valence-corrected chi connectivity index (χ4v) is 5.39. The second-order valence-electron chi connectivity index (χ2n) is 6.13. The minimum Gasteiger partial charge on any atom is -0.325 e.